The molecule has 4 heterocycles. The van der Waals surface area contributed by atoms with E-state index in [1.165, 1.54) is 35.3 Å². The van der Waals surface area contributed by atoms with E-state index in [1.54, 1.807) is 24.3 Å². The number of piperazine rings is 1. The van der Waals surface area contributed by atoms with E-state index in [-0.39, 0.29) is 59.7 Å². The Morgan fingerprint density at radius 1 is 1.14 bits per heavy atom. The van der Waals surface area contributed by atoms with Gasteiger partial charge in [-0.05, 0) is 49.9 Å². The van der Waals surface area contributed by atoms with Crippen molar-refractivity contribution in [3.8, 4) is 22.9 Å². The summed E-state index contributed by atoms with van der Waals surface area (Å²) in [7, 11) is 3.43. The molecule has 6 rings (SSSR count). The van der Waals surface area contributed by atoms with Crippen molar-refractivity contribution in [1.29, 1.82) is 5.26 Å². The summed E-state index contributed by atoms with van der Waals surface area (Å²) in [6.45, 7) is 3.75. The maximum atomic E-state index is 14.4. The van der Waals surface area contributed by atoms with Gasteiger partial charge in [0.1, 0.15) is 24.3 Å². The summed E-state index contributed by atoms with van der Waals surface area (Å²) >= 11 is 7.62. The minimum Gasteiger partial charge on any atom is -0.491 e. The van der Waals surface area contributed by atoms with E-state index in [0.717, 1.165) is 6.07 Å². The van der Waals surface area contributed by atoms with Crippen molar-refractivity contribution in [3.05, 3.63) is 84.9 Å². The average molecular weight is 741 g/mol. The molecule has 0 aliphatic carbocycles. The van der Waals surface area contributed by atoms with E-state index in [0.29, 0.717) is 64.0 Å². The molecule has 0 bridgehead atoms. The predicted octanol–water partition coefficient (Wildman–Crippen LogP) is 6.20. The summed E-state index contributed by atoms with van der Waals surface area (Å²) < 4.78 is 56.5. The van der Waals surface area contributed by atoms with Crippen molar-refractivity contribution in [3.63, 3.8) is 0 Å². The number of aryl methyl sites for hydroxylation is 1. The van der Waals surface area contributed by atoms with Gasteiger partial charge in [-0.25, -0.2) is 14.8 Å². The first-order valence-electron chi connectivity index (χ1n) is 15.8. The zero-order valence-electron chi connectivity index (χ0n) is 27.8. The van der Waals surface area contributed by atoms with Crippen LogP contribution in [0, 0.1) is 18.3 Å². The molecule has 1 N–H and O–H groups in total. The molecule has 0 radical (unpaired) electrons. The van der Waals surface area contributed by atoms with E-state index in [4.69, 9.17) is 21.1 Å². The fraction of sp³-hybridized carbons (Fsp3) is 0.343. The highest BCUT2D eigenvalue weighted by Gasteiger charge is 2.37. The van der Waals surface area contributed by atoms with E-state index < -0.39 is 23.3 Å². The van der Waals surface area contributed by atoms with E-state index >= 15 is 0 Å². The minimum atomic E-state index is -4.76. The predicted molar refractivity (Wildman–Crippen MR) is 186 cm³/mol. The van der Waals surface area contributed by atoms with Crippen LogP contribution in [0.3, 0.4) is 0 Å². The fourth-order valence-corrected chi connectivity index (χ4v) is 7.47. The quantitative estimate of drug-likeness (QED) is 0.177. The summed E-state index contributed by atoms with van der Waals surface area (Å²) in [5.74, 6) is -0.597. The normalized spacial score (nSPS) is 14.3. The van der Waals surface area contributed by atoms with Crippen LogP contribution >= 0.6 is 22.9 Å². The Morgan fingerprint density at radius 3 is 2.55 bits per heavy atom. The number of fused-ring (bicyclic) bond motifs is 2. The number of alkyl halides is 3. The molecule has 1 aliphatic heterocycles. The van der Waals surface area contributed by atoms with Crippen LogP contribution in [0.4, 0.5) is 13.2 Å². The van der Waals surface area contributed by atoms with Crippen molar-refractivity contribution >= 4 is 50.0 Å². The van der Waals surface area contributed by atoms with Crippen LogP contribution in [0.15, 0.2) is 40.5 Å². The molecule has 1 fully saturated rings. The number of carboxylic acids is 1. The summed E-state index contributed by atoms with van der Waals surface area (Å²) in [5, 5.41) is 21.7. The lowest BCUT2D eigenvalue weighted by Gasteiger charge is -2.33. The molecular weight excluding hydrogens is 709 g/mol. The number of nitriles is 1. The van der Waals surface area contributed by atoms with Crippen LogP contribution in [0.5, 0.6) is 5.75 Å². The molecule has 0 saturated carbocycles. The molecule has 5 aromatic rings. The van der Waals surface area contributed by atoms with Crippen LogP contribution in [0.1, 0.15) is 38.6 Å². The molecule has 1 aliphatic rings. The van der Waals surface area contributed by atoms with Crippen molar-refractivity contribution in [2.75, 3.05) is 46.9 Å². The maximum absolute atomic E-state index is 14.4. The van der Waals surface area contributed by atoms with Gasteiger partial charge in [0.2, 0.25) is 0 Å². The molecule has 0 atom stereocenters. The van der Waals surface area contributed by atoms with Crippen molar-refractivity contribution in [2.24, 2.45) is 0 Å². The number of thiophene rings is 1. The zero-order valence-corrected chi connectivity index (χ0v) is 29.4. The van der Waals surface area contributed by atoms with Gasteiger partial charge in [-0.15, -0.1) is 11.3 Å². The molecule has 0 unspecified atom stereocenters. The molecule has 3 aromatic heterocycles. The standard InChI is InChI=1S/C35H32ClF3N6O5S/c1-19-41-28-14-27(35(37,38)39)25(16-44-8-6-43(2)7-9-44)24(15-40)30(28)33(46)45(19)10-11-50-29-5-4-20(36)12-22(29)23-13-21(17-49-3)42-31-26(34(47)48)18-51-32(23)31/h4-5,12-14,18H,6-11,16-17H2,1-3H3,(H,47,48). The fourth-order valence-electron chi connectivity index (χ4n) is 6.29. The Morgan fingerprint density at radius 2 is 1.88 bits per heavy atom. The second-order valence-electron chi connectivity index (χ2n) is 12.2. The van der Waals surface area contributed by atoms with Gasteiger partial charge in [0.05, 0.1) is 56.7 Å². The molecule has 0 amide bonds. The smallest absolute Gasteiger partial charge is 0.416 e. The van der Waals surface area contributed by atoms with Crippen molar-refractivity contribution < 1.29 is 32.5 Å². The first-order chi connectivity index (χ1) is 24.3. The number of hydrogen-bond acceptors (Lipinski definition) is 10. The van der Waals surface area contributed by atoms with Gasteiger partial charge in [-0.3, -0.25) is 14.3 Å². The Balaban J connectivity index is 1.37. The Hall–Kier alpha value is -4.59. The molecule has 0 spiro atoms. The Labute approximate surface area is 299 Å². The molecule has 1 saturated heterocycles. The first-order valence-corrected chi connectivity index (χ1v) is 17.1. The largest absolute Gasteiger partial charge is 0.491 e. The minimum absolute atomic E-state index is 0.0435. The first kappa shape index (κ1) is 36.2. The van der Waals surface area contributed by atoms with E-state index in [2.05, 4.69) is 14.9 Å². The van der Waals surface area contributed by atoms with Gasteiger partial charge in [0, 0.05) is 61.4 Å². The second kappa shape index (κ2) is 14.6. The highest BCUT2D eigenvalue weighted by atomic mass is 35.5. The highest BCUT2D eigenvalue weighted by molar-refractivity contribution is 7.18. The van der Waals surface area contributed by atoms with E-state index in [1.807, 2.05) is 18.0 Å². The number of nitrogens with zero attached hydrogens (tertiary/aromatic N) is 6. The third-order valence-corrected chi connectivity index (χ3v) is 10.1. The number of carboxylic acid groups (broad SMARTS) is 1. The molecular formula is C35H32ClF3N6O5S. The summed E-state index contributed by atoms with van der Waals surface area (Å²) in [6.07, 6.45) is -4.76. The van der Waals surface area contributed by atoms with E-state index in [9.17, 15) is 33.1 Å². The SMILES string of the molecule is COCc1cc(-c2cc(Cl)ccc2OCCn2c(C)nc3cc(C(F)(F)F)c(CN4CCN(C)CC4)c(C#N)c3c2=O)c2scc(C(=O)O)c2n1. The lowest BCUT2D eigenvalue weighted by Crippen LogP contribution is -2.44. The lowest BCUT2D eigenvalue weighted by molar-refractivity contribution is -0.138. The number of ether oxygens (including phenoxy) is 2. The third kappa shape index (κ3) is 7.28. The highest BCUT2D eigenvalue weighted by Crippen LogP contribution is 2.41. The lowest BCUT2D eigenvalue weighted by atomic mass is 9.96. The average Bonchev–Trinajstić information content (AvgIpc) is 3.51. The molecule has 51 heavy (non-hydrogen) atoms. The van der Waals surface area contributed by atoms with Crippen molar-refractivity contribution in [1.82, 2.24) is 24.3 Å². The van der Waals surface area contributed by atoms with Gasteiger partial charge in [0.25, 0.3) is 5.56 Å². The van der Waals surface area contributed by atoms with Crippen LogP contribution in [0.2, 0.25) is 5.02 Å². The maximum Gasteiger partial charge on any atom is 0.416 e. The number of pyridine rings is 1. The van der Waals surface area contributed by atoms with Crippen LogP contribution in [-0.2, 0) is 30.6 Å². The number of aromatic nitrogens is 3. The Kier molecular flexibility index (Phi) is 10.3. The van der Waals surface area contributed by atoms with Gasteiger partial charge < -0.3 is 19.5 Å². The number of benzene rings is 2. The second-order valence-corrected chi connectivity index (χ2v) is 13.5. The molecule has 266 valence electrons. The Bertz CT molecular complexity index is 2260. The molecule has 16 heteroatoms. The number of methoxy groups -OCH3 is 1. The molecule has 11 nitrogen and oxygen atoms in total. The number of halogens is 4. The third-order valence-electron chi connectivity index (χ3n) is 8.84. The number of aromatic carboxylic acids is 1. The summed E-state index contributed by atoms with van der Waals surface area (Å²) in [4.78, 5) is 38.7. The van der Waals surface area contributed by atoms with Crippen molar-refractivity contribution in [2.45, 2.75) is 32.8 Å². The van der Waals surface area contributed by atoms with Crippen LogP contribution in [0.25, 0.3) is 32.2 Å². The number of likely N-dealkylation sites (N-methyl/N-ethyl adjacent to an activating group) is 1. The van der Waals surface area contributed by atoms with Gasteiger partial charge >= 0.3 is 12.1 Å². The topological polar surface area (TPSA) is 134 Å². The van der Waals surface area contributed by atoms with Gasteiger partial charge in [-0.1, -0.05) is 11.6 Å². The van der Waals surface area contributed by atoms with Gasteiger partial charge in [-0.2, -0.15) is 18.4 Å². The monoisotopic (exact) mass is 740 g/mol. The zero-order chi connectivity index (χ0) is 36.6. The van der Waals surface area contributed by atoms with Gasteiger partial charge in [0.15, 0.2) is 0 Å². The summed E-state index contributed by atoms with van der Waals surface area (Å²) in [6, 6.07) is 9.49. The van der Waals surface area contributed by atoms with Crippen LogP contribution in [-0.4, -0.2) is 82.4 Å². The summed E-state index contributed by atoms with van der Waals surface area (Å²) in [5.41, 5.74) is -0.414. The number of hydrogen-bond donors (Lipinski definition) is 1. The number of rotatable bonds is 10. The number of carbonyl (C=O) groups is 1. The van der Waals surface area contributed by atoms with Crippen LogP contribution < -0.4 is 10.3 Å². The molecule has 2 aromatic carbocycles.